The zero-order valence-corrected chi connectivity index (χ0v) is 21.2. The Kier molecular flexibility index (Phi) is 5.86. The van der Waals surface area contributed by atoms with Crippen molar-refractivity contribution in [3.8, 4) is 11.4 Å². The molecule has 204 valence electrons. The van der Waals surface area contributed by atoms with Gasteiger partial charge in [0.25, 0.3) is 5.56 Å². The number of nitrogens with one attached hydrogen (secondary N) is 1. The van der Waals surface area contributed by atoms with Gasteiger partial charge in [0.05, 0.1) is 47.0 Å². The first-order valence-electron chi connectivity index (χ1n) is 12.5. The van der Waals surface area contributed by atoms with E-state index < -0.39 is 47.9 Å². The summed E-state index contributed by atoms with van der Waals surface area (Å²) in [4.78, 5) is 66.8. The fraction of sp³-hybridized carbons (Fsp3) is 0.296. The number of fused-ring (bicyclic) bond motifs is 7. The molecule has 5 heterocycles. The van der Waals surface area contributed by atoms with Gasteiger partial charge in [-0.05, 0) is 30.7 Å². The van der Waals surface area contributed by atoms with Crippen LogP contribution in [0.5, 0.6) is 0 Å². The molecule has 0 fully saturated rings. The standard InChI is InChI=1S/C27H22N4O9/c1-2-27(39-23(35)10-28-21(32)5-6-22(33)34)17-8-19-24-13(11-31(19)25(36)16(17)12-38-26(27)37)7-14-15-9-29-40-20(15)4-3-18(14)30-24/h3-4,7-9H,2,5-6,10-12H2,1H3,(H,28,32)(H,33,34)/t27-/m0/s1. The molecule has 3 aromatic heterocycles. The number of esters is 2. The normalized spacial score (nSPS) is 17.2. The zero-order valence-electron chi connectivity index (χ0n) is 21.2. The topological polar surface area (TPSA) is 180 Å². The van der Waals surface area contributed by atoms with Crippen LogP contribution in [-0.4, -0.2) is 50.2 Å². The van der Waals surface area contributed by atoms with E-state index in [0.717, 1.165) is 16.3 Å². The Bertz CT molecular complexity index is 1820. The third-order valence-corrected chi connectivity index (χ3v) is 7.28. The average molecular weight is 546 g/mol. The van der Waals surface area contributed by atoms with Crippen molar-refractivity contribution in [3.63, 3.8) is 0 Å². The third-order valence-electron chi connectivity index (χ3n) is 7.28. The van der Waals surface area contributed by atoms with E-state index in [4.69, 9.17) is 24.1 Å². The van der Waals surface area contributed by atoms with Gasteiger partial charge >= 0.3 is 17.9 Å². The molecule has 1 amide bonds. The molecule has 0 unspecified atom stereocenters. The predicted molar refractivity (Wildman–Crippen MR) is 136 cm³/mol. The van der Waals surface area contributed by atoms with Crippen molar-refractivity contribution in [1.82, 2.24) is 20.0 Å². The molecule has 2 aliphatic heterocycles. The Morgan fingerprint density at radius 2 is 2.00 bits per heavy atom. The van der Waals surface area contributed by atoms with Crippen LogP contribution >= 0.6 is 0 Å². The fourth-order valence-corrected chi connectivity index (χ4v) is 5.27. The van der Waals surface area contributed by atoms with E-state index in [1.807, 2.05) is 6.07 Å². The number of pyridine rings is 2. The minimum atomic E-state index is -1.92. The summed E-state index contributed by atoms with van der Waals surface area (Å²) >= 11 is 0. The number of carboxylic acid groups (broad SMARTS) is 1. The SMILES string of the molecule is CC[C@@]1(OC(=O)CNC(=O)CCC(=O)O)C(=O)OCc2c1cc1n(c2=O)Cc2cc3c(ccc4oncc43)nc2-1. The van der Waals surface area contributed by atoms with Crippen LogP contribution in [0.15, 0.2) is 39.8 Å². The molecule has 40 heavy (non-hydrogen) atoms. The highest BCUT2D eigenvalue weighted by Crippen LogP contribution is 2.41. The van der Waals surface area contributed by atoms with Gasteiger partial charge in [-0.1, -0.05) is 12.1 Å². The quantitative estimate of drug-likeness (QED) is 0.284. The van der Waals surface area contributed by atoms with Crippen LogP contribution in [0.1, 0.15) is 42.9 Å². The van der Waals surface area contributed by atoms with Crippen molar-refractivity contribution in [1.29, 1.82) is 0 Å². The molecule has 2 N–H and O–H groups in total. The summed E-state index contributed by atoms with van der Waals surface area (Å²) in [7, 11) is 0. The molecule has 1 atom stereocenters. The van der Waals surface area contributed by atoms with Gasteiger partial charge in [0.1, 0.15) is 13.2 Å². The Morgan fingerprint density at radius 1 is 1.18 bits per heavy atom. The second-order valence-electron chi connectivity index (χ2n) is 9.58. The summed E-state index contributed by atoms with van der Waals surface area (Å²) in [5, 5.41) is 16.5. The Morgan fingerprint density at radius 3 is 2.77 bits per heavy atom. The van der Waals surface area contributed by atoms with Gasteiger partial charge in [0, 0.05) is 22.9 Å². The van der Waals surface area contributed by atoms with Crippen LogP contribution in [0, 0.1) is 0 Å². The Labute approximate surface area is 224 Å². The lowest BCUT2D eigenvalue weighted by atomic mass is 9.85. The summed E-state index contributed by atoms with van der Waals surface area (Å²) in [6.45, 7) is 0.979. The first kappa shape index (κ1) is 25.2. The number of carboxylic acids is 1. The zero-order chi connectivity index (χ0) is 28.2. The highest BCUT2D eigenvalue weighted by atomic mass is 16.6. The summed E-state index contributed by atoms with van der Waals surface area (Å²) < 4.78 is 17.7. The molecule has 13 heteroatoms. The number of aliphatic carboxylic acids is 1. The van der Waals surface area contributed by atoms with Crippen molar-refractivity contribution < 1.29 is 38.3 Å². The van der Waals surface area contributed by atoms with Gasteiger partial charge in [-0.25, -0.2) is 9.78 Å². The predicted octanol–water partition coefficient (Wildman–Crippen LogP) is 1.75. The van der Waals surface area contributed by atoms with E-state index >= 15 is 0 Å². The molecule has 4 aromatic rings. The number of benzene rings is 1. The van der Waals surface area contributed by atoms with Crippen LogP contribution in [0.25, 0.3) is 33.3 Å². The molecule has 13 nitrogen and oxygen atoms in total. The first-order chi connectivity index (χ1) is 19.2. The van der Waals surface area contributed by atoms with Crippen LogP contribution in [0.3, 0.4) is 0 Å². The molecule has 2 aliphatic rings. The van der Waals surface area contributed by atoms with Gasteiger partial charge in [-0.15, -0.1) is 0 Å². The van der Waals surface area contributed by atoms with Gasteiger partial charge in [-0.3, -0.25) is 19.2 Å². The van der Waals surface area contributed by atoms with Crippen molar-refractivity contribution in [2.45, 2.75) is 44.9 Å². The number of hydrogen-bond acceptors (Lipinski definition) is 10. The molecule has 0 saturated heterocycles. The molecule has 1 aromatic carbocycles. The maximum absolute atomic E-state index is 13.6. The number of carbonyl (C=O) groups is 4. The molecular formula is C27H22N4O9. The van der Waals surface area contributed by atoms with E-state index in [-0.39, 0.29) is 37.1 Å². The maximum atomic E-state index is 13.6. The number of hydrogen-bond donors (Lipinski definition) is 2. The van der Waals surface area contributed by atoms with E-state index in [0.29, 0.717) is 22.5 Å². The summed E-state index contributed by atoms with van der Waals surface area (Å²) in [6.07, 6.45) is 0.853. The van der Waals surface area contributed by atoms with E-state index in [1.54, 1.807) is 35.9 Å². The second kappa shape index (κ2) is 9.29. The largest absolute Gasteiger partial charge is 0.481 e. The van der Waals surface area contributed by atoms with Gasteiger partial charge < -0.3 is 29.0 Å². The van der Waals surface area contributed by atoms with Gasteiger partial charge in [0.15, 0.2) is 5.58 Å². The lowest BCUT2D eigenvalue weighted by Crippen LogP contribution is -2.48. The number of nitrogens with zero attached hydrogens (tertiary/aromatic N) is 3. The third kappa shape index (κ3) is 3.89. The van der Waals surface area contributed by atoms with Crippen LogP contribution in [-0.2, 0) is 47.4 Å². The molecule has 0 radical (unpaired) electrons. The highest BCUT2D eigenvalue weighted by Gasteiger charge is 2.50. The van der Waals surface area contributed by atoms with Crippen molar-refractivity contribution in [2.75, 3.05) is 6.54 Å². The number of carbonyl (C=O) groups excluding carboxylic acids is 3. The monoisotopic (exact) mass is 546 g/mol. The number of ether oxygens (including phenoxy) is 2. The minimum Gasteiger partial charge on any atom is -0.481 e. The van der Waals surface area contributed by atoms with Crippen LogP contribution in [0.4, 0.5) is 0 Å². The second-order valence-corrected chi connectivity index (χ2v) is 9.58. The lowest BCUT2D eigenvalue weighted by molar-refractivity contribution is -0.189. The van der Waals surface area contributed by atoms with Crippen molar-refractivity contribution in [2.24, 2.45) is 0 Å². The fourth-order valence-electron chi connectivity index (χ4n) is 5.27. The molecule has 0 bridgehead atoms. The highest BCUT2D eigenvalue weighted by molar-refractivity contribution is 6.05. The van der Waals surface area contributed by atoms with Gasteiger partial charge in [-0.2, -0.15) is 0 Å². The lowest BCUT2D eigenvalue weighted by Gasteiger charge is -2.35. The molecule has 6 rings (SSSR count). The summed E-state index contributed by atoms with van der Waals surface area (Å²) in [5.74, 6) is -3.60. The smallest absolute Gasteiger partial charge is 0.355 e. The molecule has 0 aliphatic carbocycles. The average Bonchev–Trinajstić information content (AvgIpc) is 3.56. The summed E-state index contributed by atoms with van der Waals surface area (Å²) in [5.41, 5.74) is 1.17. The molecular weight excluding hydrogens is 524 g/mol. The van der Waals surface area contributed by atoms with E-state index in [9.17, 15) is 24.0 Å². The van der Waals surface area contributed by atoms with E-state index in [1.165, 1.54) is 0 Å². The van der Waals surface area contributed by atoms with Crippen molar-refractivity contribution in [3.05, 3.63) is 57.5 Å². The van der Waals surface area contributed by atoms with Crippen molar-refractivity contribution >= 4 is 45.7 Å². The summed E-state index contributed by atoms with van der Waals surface area (Å²) in [6, 6.07) is 7.13. The number of rotatable bonds is 7. The maximum Gasteiger partial charge on any atom is 0.355 e. The Hall–Kier alpha value is -5.07. The van der Waals surface area contributed by atoms with Crippen LogP contribution in [0.2, 0.25) is 0 Å². The number of amides is 1. The molecule has 0 saturated carbocycles. The van der Waals surface area contributed by atoms with E-state index in [2.05, 4.69) is 10.5 Å². The first-order valence-corrected chi connectivity index (χ1v) is 12.5. The minimum absolute atomic E-state index is 0.0378. The van der Waals surface area contributed by atoms with Gasteiger partial charge in [0.2, 0.25) is 11.5 Å². The number of cyclic esters (lactones) is 1. The molecule has 0 spiro atoms. The number of aromatic nitrogens is 3. The van der Waals surface area contributed by atoms with Crippen LogP contribution < -0.4 is 10.9 Å². The Balaban J connectivity index is 1.38.